The summed E-state index contributed by atoms with van der Waals surface area (Å²) in [6, 6.07) is 7.50. The molecule has 0 spiro atoms. The Balaban J connectivity index is 2.06. The topological polar surface area (TPSA) is 55.6 Å². The van der Waals surface area contributed by atoms with Crippen molar-refractivity contribution in [1.29, 1.82) is 0 Å². The van der Waals surface area contributed by atoms with Crippen LogP contribution in [0.1, 0.15) is 70.9 Å². The molecule has 190 valence electrons. The van der Waals surface area contributed by atoms with E-state index >= 15 is 8.78 Å². The van der Waals surface area contributed by atoms with E-state index < -0.39 is 46.9 Å². The summed E-state index contributed by atoms with van der Waals surface area (Å²) in [4.78, 5) is 15.3. The SMILES string of the molecule is CCC(C)(CC)CC1N2C(C(=O)OC2(C)C)C(c2cccc(Cl)c2F)C1(N)c1ccc(Cl)cc1F. The molecule has 8 heteroatoms. The average molecular weight is 525 g/mol. The highest BCUT2D eigenvalue weighted by atomic mass is 35.5. The number of benzene rings is 2. The van der Waals surface area contributed by atoms with Crippen molar-refractivity contribution in [3.8, 4) is 0 Å². The molecule has 0 radical (unpaired) electrons. The number of nitrogens with two attached hydrogens (primary N) is 1. The summed E-state index contributed by atoms with van der Waals surface area (Å²) in [5, 5.41) is 0.135. The molecule has 2 aliphatic heterocycles. The maximum Gasteiger partial charge on any atom is 0.325 e. The van der Waals surface area contributed by atoms with Gasteiger partial charge in [0.15, 0.2) is 5.72 Å². The zero-order chi connectivity index (χ0) is 25.9. The number of hydrogen-bond donors (Lipinski definition) is 1. The van der Waals surface area contributed by atoms with Crippen molar-refractivity contribution < 1.29 is 18.3 Å². The highest BCUT2D eigenvalue weighted by Gasteiger charge is 2.69. The summed E-state index contributed by atoms with van der Waals surface area (Å²) < 4.78 is 37.0. The number of nitrogens with zero attached hydrogens (tertiary/aromatic N) is 1. The first-order valence-electron chi connectivity index (χ1n) is 12.0. The van der Waals surface area contributed by atoms with E-state index in [0.29, 0.717) is 6.42 Å². The van der Waals surface area contributed by atoms with Crippen LogP contribution in [0.25, 0.3) is 0 Å². The van der Waals surface area contributed by atoms with Crippen LogP contribution in [0.3, 0.4) is 0 Å². The summed E-state index contributed by atoms with van der Waals surface area (Å²) in [5.41, 5.74) is 5.00. The van der Waals surface area contributed by atoms with Gasteiger partial charge in [0.05, 0.1) is 10.6 Å². The van der Waals surface area contributed by atoms with Gasteiger partial charge in [-0.25, -0.2) is 13.7 Å². The molecule has 2 aromatic rings. The lowest BCUT2D eigenvalue weighted by Gasteiger charge is -2.45. The fraction of sp³-hybridized carbons (Fsp3) is 0.519. The van der Waals surface area contributed by atoms with Gasteiger partial charge in [0.2, 0.25) is 0 Å². The van der Waals surface area contributed by atoms with E-state index in [0.717, 1.165) is 12.8 Å². The highest BCUT2D eigenvalue weighted by Crippen LogP contribution is 2.58. The normalized spacial score (nSPS) is 28.3. The molecule has 0 bridgehead atoms. The largest absolute Gasteiger partial charge is 0.443 e. The maximum absolute atomic E-state index is 15.6. The number of carbonyl (C=O) groups is 1. The van der Waals surface area contributed by atoms with Crippen LogP contribution in [0.5, 0.6) is 0 Å². The Bertz CT molecular complexity index is 1150. The minimum absolute atomic E-state index is 0.0889. The van der Waals surface area contributed by atoms with E-state index in [1.165, 1.54) is 12.1 Å². The number of ether oxygens (including phenoxy) is 1. The predicted molar refractivity (Wildman–Crippen MR) is 134 cm³/mol. The van der Waals surface area contributed by atoms with Gasteiger partial charge in [0, 0.05) is 22.5 Å². The van der Waals surface area contributed by atoms with E-state index in [2.05, 4.69) is 20.8 Å². The quantitative estimate of drug-likeness (QED) is 0.423. The second-order valence-electron chi connectivity index (χ2n) is 10.6. The number of carbonyl (C=O) groups excluding carboxylic acids is 1. The van der Waals surface area contributed by atoms with Gasteiger partial charge in [-0.3, -0.25) is 4.79 Å². The van der Waals surface area contributed by atoms with Gasteiger partial charge in [-0.15, -0.1) is 0 Å². The maximum atomic E-state index is 15.6. The van der Waals surface area contributed by atoms with Gasteiger partial charge in [-0.05, 0) is 49.4 Å². The van der Waals surface area contributed by atoms with Gasteiger partial charge in [0.1, 0.15) is 17.7 Å². The molecule has 2 N–H and O–H groups in total. The fourth-order valence-electron chi connectivity index (χ4n) is 6.02. The molecule has 0 aromatic heterocycles. The predicted octanol–water partition coefficient (Wildman–Crippen LogP) is 6.77. The Morgan fingerprint density at radius 3 is 2.40 bits per heavy atom. The molecule has 2 aromatic carbocycles. The first-order valence-corrected chi connectivity index (χ1v) is 12.8. The Morgan fingerprint density at radius 2 is 1.80 bits per heavy atom. The zero-order valence-electron chi connectivity index (χ0n) is 20.7. The number of rotatable bonds is 6. The standard InChI is InChI=1S/C27H32Cl2F2N2O2/c1-6-26(5,7-2)14-20-27(32,17-12-11-15(28)13-19(17)30)21(16-9-8-10-18(29)22(16)31)23-24(34)35-25(3,4)33(20)23/h8-13,20-21,23H,6-7,14,32H2,1-5H3. The molecule has 2 heterocycles. The first-order chi connectivity index (χ1) is 16.3. The summed E-state index contributed by atoms with van der Waals surface area (Å²) in [6.45, 7) is 9.94. The summed E-state index contributed by atoms with van der Waals surface area (Å²) in [7, 11) is 0. The molecule has 2 fully saturated rings. The number of halogens is 4. The minimum atomic E-state index is -1.48. The van der Waals surface area contributed by atoms with Crippen LogP contribution in [0.4, 0.5) is 8.78 Å². The monoisotopic (exact) mass is 524 g/mol. The van der Waals surface area contributed by atoms with Crippen molar-refractivity contribution in [3.63, 3.8) is 0 Å². The zero-order valence-corrected chi connectivity index (χ0v) is 22.2. The van der Waals surface area contributed by atoms with Crippen LogP contribution in [0.15, 0.2) is 36.4 Å². The van der Waals surface area contributed by atoms with E-state index in [1.54, 1.807) is 38.1 Å². The third-order valence-corrected chi connectivity index (χ3v) is 8.87. The van der Waals surface area contributed by atoms with Crippen LogP contribution in [-0.2, 0) is 15.1 Å². The second-order valence-corrected chi connectivity index (χ2v) is 11.5. The fourth-order valence-corrected chi connectivity index (χ4v) is 6.36. The van der Waals surface area contributed by atoms with Gasteiger partial charge in [-0.1, -0.05) is 75.0 Å². The Morgan fingerprint density at radius 1 is 1.14 bits per heavy atom. The van der Waals surface area contributed by atoms with E-state index in [1.807, 2.05) is 4.90 Å². The molecule has 2 aliphatic rings. The van der Waals surface area contributed by atoms with Crippen LogP contribution in [0.2, 0.25) is 10.0 Å². The van der Waals surface area contributed by atoms with Crippen molar-refractivity contribution in [2.75, 3.05) is 0 Å². The van der Waals surface area contributed by atoms with Crippen molar-refractivity contribution in [3.05, 3.63) is 69.2 Å². The molecular weight excluding hydrogens is 493 g/mol. The van der Waals surface area contributed by atoms with Crippen molar-refractivity contribution in [2.24, 2.45) is 11.1 Å². The van der Waals surface area contributed by atoms with Crippen LogP contribution < -0.4 is 5.73 Å². The van der Waals surface area contributed by atoms with Crippen LogP contribution in [-0.4, -0.2) is 28.7 Å². The molecule has 4 nitrogen and oxygen atoms in total. The third-order valence-electron chi connectivity index (χ3n) is 8.34. The summed E-state index contributed by atoms with van der Waals surface area (Å²) >= 11 is 12.2. The number of fused-ring (bicyclic) bond motifs is 1. The third kappa shape index (κ3) is 4.07. The molecule has 4 unspecified atom stereocenters. The lowest BCUT2D eigenvalue weighted by molar-refractivity contribution is -0.152. The molecule has 0 aliphatic carbocycles. The Hall–Kier alpha value is -1.73. The lowest BCUT2D eigenvalue weighted by Crippen LogP contribution is -2.57. The van der Waals surface area contributed by atoms with E-state index in [-0.39, 0.29) is 26.6 Å². The molecule has 0 saturated carbocycles. The molecule has 35 heavy (non-hydrogen) atoms. The molecular formula is C27H32Cl2F2N2O2. The Kier molecular flexibility index (Phi) is 6.76. The van der Waals surface area contributed by atoms with Gasteiger partial charge in [-0.2, -0.15) is 0 Å². The van der Waals surface area contributed by atoms with Gasteiger partial charge in [0.25, 0.3) is 0 Å². The van der Waals surface area contributed by atoms with Crippen LogP contribution in [0, 0.1) is 17.0 Å². The first kappa shape index (κ1) is 26.3. The summed E-state index contributed by atoms with van der Waals surface area (Å²) in [5.74, 6) is -2.73. The van der Waals surface area contributed by atoms with Gasteiger partial charge < -0.3 is 10.5 Å². The lowest BCUT2D eigenvalue weighted by atomic mass is 9.67. The molecule has 2 saturated heterocycles. The number of cyclic esters (lactones) is 1. The van der Waals surface area contributed by atoms with Gasteiger partial charge >= 0.3 is 5.97 Å². The van der Waals surface area contributed by atoms with E-state index in [9.17, 15) is 4.79 Å². The van der Waals surface area contributed by atoms with E-state index in [4.69, 9.17) is 33.7 Å². The second kappa shape index (κ2) is 8.98. The Labute approximate surface area is 215 Å². The smallest absolute Gasteiger partial charge is 0.325 e. The molecule has 4 atom stereocenters. The molecule has 0 amide bonds. The van der Waals surface area contributed by atoms with Crippen molar-refractivity contribution in [2.45, 2.75) is 83.1 Å². The minimum Gasteiger partial charge on any atom is -0.443 e. The van der Waals surface area contributed by atoms with Crippen molar-refractivity contribution >= 4 is 29.2 Å². The number of hydrogen-bond acceptors (Lipinski definition) is 4. The number of esters is 1. The average Bonchev–Trinajstić information content (AvgIpc) is 3.18. The van der Waals surface area contributed by atoms with Crippen LogP contribution >= 0.6 is 23.2 Å². The highest BCUT2D eigenvalue weighted by molar-refractivity contribution is 6.31. The van der Waals surface area contributed by atoms with Crippen molar-refractivity contribution in [1.82, 2.24) is 4.90 Å². The molecule has 4 rings (SSSR count). The summed E-state index contributed by atoms with van der Waals surface area (Å²) in [6.07, 6.45) is 2.25.